The molecular weight excluding hydrogens is 290 g/mol. The van der Waals surface area contributed by atoms with Crippen LogP contribution in [0, 0.1) is 11.8 Å². The van der Waals surface area contributed by atoms with E-state index < -0.39 is 0 Å². The Morgan fingerprint density at radius 3 is 2.86 bits per heavy atom. The highest BCUT2D eigenvalue weighted by Crippen LogP contribution is 2.37. The van der Waals surface area contributed by atoms with Gasteiger partial charge in [-0.1, -0.05) is 6.92 Å². The average molecular weight is 316 g/mol. The molecule has 0 aromatic rings. The highest BCUT2D eigenvalue weighted by atomic mass is 35.5. The molecule has 2 heterocycles. The minimum Gasteiger partial charge on any atom is -0.351 e. The summed E-state index contributed by atoms with van der Waals surface area (Å²) in [5.41, 5.74) is 0. The molecule has 2 N–H and O–H groups in total. The number of amides is 2. The summed E-state index contributed by atoms with van der Waals surface area (Å²) in [5.74, 6) is 1.61. The molecule has 0 aromatic heterocycles. The number of carbonyl (C=O) groups excluding carboxylic acids is 2. The third-order valence-electron chi connectivity index (χ3n) is 4.93. The number of likely N-dealkylation sites (tertiary alicyclic amines) is 1. The van der Waals surface area contributed by atoms with Crippen LogP contribution >= 0.6 is 12.4 Å². The van der Waals surface area contributed by atoms with Gasteiger partial charge in [0.2, 0.25) is 11.8 Å². The van der Waals surface area contributed by atoms with E-state index >= 15 is 0 Å². The summed E-state index contributed by atoms with van der Waals surface area (Å²) in [6.45, 7) is 5.02. The van der Waals surface area contributed by atoms with Gasteiger partial charge in [0.25, 0.3) is 0 Å². The number of halogens is 1. The molecule has 0 bridgehead atoms. The molecule has 21 heavy (non-hydrogen) atoms. The van der Waals surface area contributed by atoms with Crippen molar-refractivity contribution in [3.63, 3.8) is 0 Å². The predicted molar refractivity (Wildman–Crippen MR) is 83.3 cm³/mol. The summed E-state index contributed by atoms with van der Waals surface area (Å²) in [7, 11) is 0. The van der Waals surface area contributed by atoms with E-state index in [9.17, 15) is 9.59 Å². The van der Waals surface area contributed by atoms with Crippen LogP contribution in [0.4, 0.5) is 0 Å². The molecule has 3 aliphatic rings. The van der Waals surface area contributed by atoms with Crippen molar-refractivity contribution in [3.05, 3.63) is 0 Å². The lowest BCUT2D eigenvalue weighted by Gasteiger charge is -2.17. The van der Waals surface area contributed by atoms with Crippen molar-refractivity contribution in [1.82, 2.24) is 15.5 Å². The standard InChI is InChI=1S/C15H25N3O2.ClH/c1-10-6-13(10)18-9-12(7-15(18)20)17-14(19)3-2-11-4-5-16-8-11;/h10-13,16H,2-9H2,1H3,(H,17,19);1H. The quantitative estimate of drug-likeness (QED) is 0.793. The molecule has 120 valence electrons. The van der Waals surface area contributed by atoms with Crippen LogP contribution in [0.15, 0.2) is 0 Å². The van der Waals surface area contributed by atoms with Gasteiger partial charge in [0.05, 0.1) is 6.04 Å². The number of nitrogens with one attached hydrogen (secondary N) is 2. The predicted octanol–water partition coefficient (Wildman–Crippen LogP) is 0.923. The van der Waals surface area contributed by atoms with Crippen LogP contribution in [-0.2, 0) is 9.59 Å². The average Bonchev–Trinajstić information content (AvgIpc) is 2.81. The minimum absolute atomic E-state index is 0. The van der Waals surface area contributed by atoms with Gasteiger partial charge in [0.1, 0.15) is 0 Å². The van der Waals surface area contributed by atoms with Crippen molar-refractivity contribution >= 4 is 24.2 Å². The lowest BCUT2D eigenvalue weighted by Crippen LogP contribution is -2.37. The van der Waals surface area contributed by atoms with Gasteiger partial charge in [-0.3, -0.25) is 9.59 Å². The van der Waals surface area contributed by atoms with Crippen LogP contribution in [0.5, 0.6) is 0 Å². The Morgan fingerprint density at radius 2 is 2.24 bits per heavy atom. The van der Waals surface area contributed by atoms with Crippen molar-refractivity contribution in [2.75, 3.05) is 19.6 Å². The van der Waals surface area contributed by atoms with Gasteiger partial charge in [0.15, 0.2) is 0 Å². The molecule has 1 saturated carbocycles. The van der Waals surface area contributed by atoms with Gasteiger partial charge in [0, 0.05) is 25.4 Å². The minimum atomic E-state index is 0. The topological polar surface area (TPSA) is 61.4 Å². The third-order valence-corrected chi connectivity index (χ3v) is 4.93. The van der Waals surface area contributed by atoms with E-state index in [4.69, 9.17) is 0 Å². The monoisotopic (exact) mass is 315 g/mol. The van der Waals surface area contributed by atoms with Crippen molar-refractivity contribution < 1.29 is 9.59 Å². The number of carbonyl (C=O) groups is 2. The summed E-state index contributed by atoms with van der Waals surface area (Å²) >= 11 is 0. The van der Waals surface area contributed by atoms with Crippen molar-refractivity contribution in [2.24, 2.45) is 11.8 Å². The van der Waals surface area contributed by atoms with Gasteiger partial charge in [-0.25, -0.2) is 0 Å². The second kappa shape index (κ2) is 6.97. The largest absolute Gasteiger partial charge is 0.351 e. The molecule has 6 heteroatoms. The van der Waals surface area contributed by atoms with E-state index in [0.717, 1.165) is 25.9 Å². The van der Waals surface area contributed by atoms with Crippen LogP contribution < -0.4 is 10.6 Å². The van der Waals surface area contributed by atoms with E-state index in [1.165, 1.54) is 6.42 Å². The second-order valence-corrected chi connectivity index (χ2v) is 6.69. The molecule has 4 atom stereocenters. The van der Waals surface area contributed by atoms with Crippen molar-refractivity contribution in [1.29, 1.82) is 0 Å². The maximum atomic E-state index is 12.0. The maximum Gasteiger partial charge on any atom is 0.225 e. The van der Waals surface area contributed by atoms with Crippen LogP contribution in [-0.4, -0.2) is 48.4 Å². The van der Waals surface area contributed by atoms with Gasteiger partial charge in [-0.15, -0.1) is 12.4 Å². The van der Waals surface area contributed by atoms with Gasteiger partial charge >= 0.3 is 0 Å². The number of nitrogens with zero attached hydrogens (tertiary/aromatic N) is 1. The van der Waals surface area contributed by atoms with E-state index in [1.54, 1.807) is 0 Å². The summed E-state index contributed by atoms with van der Waals surface area (Å²) in [5, 5.41) is 6.36. The van der Waals surface area contributed by atoms with Crippen LogP contribution in [0.3, 0.4) is 0 Å². The molecule has 2 aliphatic heterocycles. The summed E-state index contributed by atoms with van der Waals surface area (Å²) in [6, 6.07) is 0.471. The number of rotatable bonds is 5. The normalized spacial score (nSPS) is 34.7. The van der Waals surface area contributed by atoms with Gasteiger partial charge in [-0.2, -0.15) is 0 Å². The van der Waals surface area contributed by atoms with E-state index in [-0.39, 0.29) is 30.3 Å². The number of hydrogen-bond donors (Lipinski definition) is 2. The van der Waals surface area contributed by atoms with E-state index in [1.807, 2.05) is 4.90 Å². The lowest BCUT2D eigenvalue weighted by atomic mass is 10.0. The molecule has 3 fully saturated rings. The zero-order chi connectivity index (χ0) is 14.1. The van der Waals surface area contributed by atoms with E-state index in [2.05, 4.69) is 17.6 Å². The fourth-order valence-electron chi connectivity index (χ4n) is 3.48. The highest BCUT2D eigenvalue weighted by molar-refractivity contribution is 5.85. The van der Waals surface area contributed by atoms with Crippen LogP contribution in [0.2, 0.25) is 0 Å². The highest BCUT2D eigenvalue weighted by Gasteiger charge is 2.44. The van der Waals surface area contributed by atoms with Crippen LogP contribution in [0.1, 0.15) is 39.0 Å². The molecule has 3 rings (SSSR count). The molecule has 0 spiro atoms. The molecule has 2 saturated heterocycles. The molecule has 0 aromatic carbocycles. The fourth-order valence-corrected chi connectivity index (χ4v) is 3.48. The molecular formula is C15H26ClN3O2. The Hall–Kier alpha value is -0.810. The summed E-state index contributed by atoms with van der Waals surface area (Å²) < 4.78 is 0. The van der Waals surface area contributed by atoms with Crippen molar-refractivity contribution in [2.45, 2.75) is 51.1 Å². The zero-order valence-corrected chi connectivity index (χ0v) is 13.5. The molecule has 4 unspecified atom stereocenters. The Labute approximate surface area is 132 Å². The second-order valence-electron chi connectivity index (χ2n) is 6.69. The SMILES string of the molecule is CC1CC1N1CC(NC(=O)CCC2CCNC2)CC1=O.Cl. The number of hydrogen-bond acceptors (Lipinski definition) is 3. The van der Waals surface area contributed by atoms with Crippen LogP contribution in [0.25, 0.3) is 0 Å². The maximum absolute atomic E-state index is 12.0. The summed E-state index contributed by atoms with van der Waals surface area (Å²) in [6.07, 6.45) is 4.35. The molecule has 0 radical (unpaired) electrons. The molecule has 2 amide bonds. The smallest absolute Gasteiger partial charge is 0.225 e. The fraction of sp³-hybridized carbons (Fsp3) is 0.867. The van der Waals surface area contributed by atoms with Crippen molar-refractivity contribution in [3.8, 4) is 0 Å². The molecule has 5 nitrogen and oxygen atoms in total. The first-order valence-electron chi connectivity index (χ1n) is 7.93. The summed E-state index contributed by atoms with van der Waals surface area (Å²) in [4.78, 5) is 25.9. The Bertz CT molecular complexity index is 398. The van der Waals surface area contributed by atoms with Gasteiger partial charge in [-0.05, 0) is 44.2 Å². The first kappa shape index (κ1) is 16.6. The van der Waals surface area contributed by atoms with Gasteiger partial charge < -0.3 is 15.5 Å². The Morgan fingerprint density at radius 1 is 1.48 bits per heavy atom. The Kier molecular flexibility index (Phi) is 5.49. The third kappa shape index (κ3) is 4.10. The zero-order valence-electron chi connectivity index (χ0n) is 12.6. The lowest BCUT2D eigenvalue weighted by molar-refractivity contribution is -0.128. The first-order chi connectivity index (χ1) is 9.63. The Balaban J connectivity index is 0.00000161. The molecule has 1 aliphatic carbocycles. The van der Waals surface area contributed by atoms with E-state index in [0.29, 0.717) is 37.3 Å². The first-order valence-corrected chi connectivity index (χ1v) is 7.93.